The monoisotopic (exact) mass is 585 g/mol. The number of fused-ring (bicyclic) bond motifs is 1. The number of imide groups is 1. The van der Waals surface area contributed by atoms with Crippen LogP contribution in [0.4, 0.5) is 25.4 Å². The minimum atomic E-state index is -4.90. The molecule has 0 spiro atoms. The zero-order valence-electron chi connectivity index (χ0n) is 21.3. The first kappa shape index (κ1) is 28.9. The molecule has 16 nitrogen and oxygen atoms in total. The summed E-state index contributed by atoms with van der Waals surface area (Å²) in [4.78, 5) is 68.9. The van der Waals surface area contributed by atoms with Gasteiger partial charge in [-0.2, -0.15) is 5.10 Å². The van der Waals surface area contributed by atoms with Crippen LogP contribution in [0.2, 0.25) is 0 Å². The second kappa shape index (κ2) is 11.6. The van der Waals surface area contributed by atoms with Gasteiger partial charge in [-0.3, -0.25) is 18.9 Å². The molecule has 0 saturated carbocycles. The molecule has 18 heteroatoms. The second-order valence-electron chi connectivity index (χ2n) is 8.82. The highest BCUT2D eigenvalue weighted by Crippen LogP contribution is 2.35. The van der Waals surface area contributed by atoms with Crippen molar-refractivity contribution >= 4 is 43.3 Å². The first-order valence-corrected chi connectivity index (χ1v) is 13.2. The lowest BCUT2D eigenvalue weighted by Gasteiger charge is -2.21. The number of carbonyl (C=O) groups excluding carboxylic acids is 4. The highest BCUT2D eigenvalue weighted by Gasteiger charge is 2.36. The standard InChI is InChI=1S/C22H25FN5O11P/c1-13(29)27(21(31)37-12-36-20(30)11-38-40(33,34)35)8-16-9-28(22(32)39-16)15-3-4-19(17(23)5-15)26-7-14-6-25(2)24-18(14)10-26/h3-6,16H,7-12H2,1-2H3,(H2,33,34,35)/t16-/m0/s1. The molecule has 1 aromatic carbocycles. The van der Waals surface area contributed by atoms with Gasteiger partial charge in [0, 0.05) is 32.3 Å². The van der Waals surface area contributed by atoms with E-state index in [1.165, 1.54) is 6.07 Å². The molecule has 4 rings (SSSR count). The third-order valence-corrected chi connectivity index (χ3v) is 6.36. The van der Waals surface area contributed by atoms with Gasteiger partial charge >= 0.3 is 26.0 Å². The van der Waals surface area contributed by atoms with E-state index in [0.717, 1.165) is 23.1 Å². The number of aromatic nitrogens is 2. The van der Waals surface area contributed by atoms with Gasteiger partial charge in [-0.15, -0.1) is 0 Å². The van der Waals surface area contributed by atoms with Crippen molar-refractivity contribution in [2.24, 2.45) is 7.05 Å². The van der Waals surface area contributed by atoms with Gasteiger partial charge < -0.3 is 28.9 Å². The number of anilines is 2. The first-order chi connectivity index (χ1) is 18.8. The van der Waals surface area contributed by atoms with Gasteiger partial charge in [0.1, 0.15) is 11.9 Å². The van der Waals surface area contributed by atoms with Gasteiger partial charge in [-0.1, -0.05) is 0 Å². The van der Waals surface area contributed by atoms with Crippen LogP contribution in [-0.2, 0) is 53.0 Å². The lowest BCUT2D eigenvalue weighted by atomic mass is 10.2. The molecule has 1 saturated heterocycles. The Kier molecular flexibility index (Phi) is 8.39. The van der Waals surface area contributed by atoms with Crippen LogP contribution in [0.5, 0.6) is 0 Å². The van der Waals surface area contributed by atoms with Gasteiger partial charge in [0.15, 0.2) is 6.61 Å². The number of carbonyl (C=O) groups is 4. The molecule has 1 atom stereocenters. The summed E-state index contributed by atoms with van der Waals surface area (Å²) in [6.45, 7) is -0.615. The summed E-state index contributed by atoms with van der Waals surface area (Å²) >= 11 is 0. The molecule has 3 heterocycles. The van der Waals surface area contributed by atoms with Crippen molar-refractivity contribution in [3.63, 3.8) is 0 Å². The SMILES string of the molecule is CC(=O)N(C[C@H]1CN(c2ccc(N3Cc4cn(C)nc4C3)c(F)c2)C(=O)O1)C(=O)OCOC(=O)COP(=O)(O)O. The highest BCUT2D eigenvalue weighted by molar-refractivity contribution is 7.46. The zero-order chi connectivity index (χ0) is 29.2. The Morgan fingerprint density at radius 3 is 2.65 bits per heavy atom. The molecule has 2 aliphatic rings. The van der Waals surface area contributed by atoms with E-state index in [1.807, 2.05) is 18.1 Å². The molecule has 2 aliphatic heterocycles. The molecule has 2 N–H and O–H groups in total. The molecule has 1 fully saturated rings. The number of phosphoric acid groups is 1. The number of benzene rings is 1. The van der Waals surface area contributed by atoms with Gasteiger partial charge in [0.25, 0.3) is 0 Å². The zero-order valence-corrected chi connectivity index (χ0v) is 22.2. The van der Waals surface area contributed by atoms with Crippen molar-refractivity contribution in [2.75, 3.05) is 36.3 Å². The van der Waals surface area contributed by atoms with Gasteiger partial charge in [-0.05, 0) is 18.2 Å². The first-order valence-electron chi connectivity index (χ1n) is 11.7. The normalized spacial score (nSPS) is 16.5. The van der Waals surface area contributed by atoms with Crippen LogP contribution < -0.4 is 9.80 Å². The summed E-state index contributed by atoms with van der Waals surface area (Å²) < 4.78 is 45.6. The van der Waals surface area contributed by atoms with Crippen LogP contribution in [-0.4, -0.2) is 81.1 Å². The molecule has 2 aromatic rings. The third-order valence-electron chi connectivity index (χ3n) is 5.89. The maximum atomic E-state index is 15.0. The van der Waals surface area contributed by atoms with Crippen LogP contribution in [0.15, 0.2) is 24.4 Å². The molecule has 0 radical (unpaired) electrons. The number of rotatable bonds is 9. The molecular formula is C22H25FN5O11P. The van der Waals surface area contributed by atoms with Crippen LogP contribution in [0.25, 0.3) is 0 Å². The Balaban J connectivity index is 1.31. The fourth-order valence-corrected chi connectivity index (χ4v) is 4.42. The van der Waals surface area contributed by atoms with E-state index in [2.05, 4.69) is 19.1 Å². The Labute approximate surface area is 226 Å². The second-order valence-corrected chi connectivity index (χ2v) is 10.1. The van der Waals surface area contributed by atoms with Crippen LogP contribution in [0, 0.1) is 5.82 Å². The van der Waals surface area contributed by atoms with Gasteiger partial charge in [0.2, 0.25) is 12.7 Å². The molecule has 3 amide bonds. The van der Waals surface area contributed by atoms with E-state index in [-0.39, 0.29) is 12.2 Å². The van der Waals surface area contributed by atoms with Crippen molar-refractivity contribution in [3.05, 3.63) is 41.5 Å². The minimum Gasteiger partial charge on any atom is -0.442 e. The molecular weight excluding hydrogens is 560 g/mol. The summed E-state index contributed by atoms with van der Waals surface area (Å²) in [7, 11) is -3.09. The number of hydrogen-bond acceptors (Lipinski definition) is 11. The van der Waals surface area contributed by atoms with Crippen molar-refractivity contribution in [2.45, 2.75) is 26.1 Å². The average molecular weight is 585 g/mol. The lowest BCUT2D eigenvalue weighted by molar-refractivity contribution is -0.155. The highest BCUT2D eigenvalue weighted by atomic mass is 31.2. The Bertz CT molecular complexity index is 1360. The van der Waals surface area contributed by atoms with E-state index >= 15 is 4.39 Å². The summed E-state index contributed by atoms with van der Waals surface area (Å²) in [6, 6.07) is 4.29. The number of phosphoric ester groups is 1. The van der Waals surface area contributed by atoms with E-state index < -0.39 is 63.8 Å². The van der Waals surface area contributed by atoms with E-state index in [1.54, 1.807) is 16.8 Å². The van der Waals surface area contributed by atoms with Crippen molar-refractivity contribution in [1.29, 1.82) is 0 Å². The molecule has 0 aliphatic carbocycles. The Morgan fingerprint density at radius 2 is 2.00 bits per heavy atom. The predicted molar refractivity (Wildman–Crippen MR) is 130 cm³/mol. The molecule has 216 valence electrons. The fraction of sp³-hybridized carbons (Fsp3) is 0.409. The fourth-order valence-electron chi connectivity index (χ4n) is 4.15. The molecule has 0 unspecified atom stereocenters. The lowest BCUT2D eigenvalue weighted by Crippen LogP contribution is -2.42. The van der Waals surface area contributed by atoms with E-state index in [4.69, 9.17) is 14.5 Å². The van der Waals surface area contributed by atoms with Crippen molar-refractivity contribution < 1.29 is 56.7 Å². The smallest absolute Gasteiger partial charge is 0.442 e. The predicted octanol–water partition coefficient (Wildman–Crippen LogP) is 1.000. The largest absolute Gasteiger partial charge is 0.470 e. The number of amides is 3. The molecule has 1 aromatic heterocycles. The number of aryl methyl sites for hydroxylation is 1. The number of esters is 1. The van der Waals surface area contributed by atoms with Crippen LogP contribution in [0.1, 0.15) is 18.2 Å². The number of cyclic esters (lactones) is 1. The Morgan fingerprint density at radius 1 is 1.25 bits per heavy atom. The molecule has 0 bridgehead atoms. The maximum absolute atomic E-state index is 15.0. The minimum absolute atomic E-state index is 0.108. The maximum Gasteiger partial charge on any atom is 0.470 e. The number of hydrogen-bond donors (Lipinski definition) is 2. The van der Waals surface area contributed by atoms with Crippen molar-refractivity contribution in [3.8, 4) is 0 Å². The summed E-state index contributed by atoms with van der Waals surface area (Å²) in [6.07, 6.45) is -1.15. The number of nitrogens with zero attached hydrogens (tertiary/aromatic N) is 5. The summed E-state index contributed by atoms with van der Waals surface area (Å²) in [5, 5.41) is 4.35. The van der Waals surface area contributed by atoms with Crippen LogP contribution >= 0.6 is 7.82 Å². The van der Waals surface area contributed by atoms with E-state index in [9.17, 15) is 23.7 Å². The van der Waals surface area contributed by atoms with Crippen molar-refractivity contribution in [1.82, 2.24) is 14.7 Å². The van der Waals surface area contributed by atoms with Gasteiger partial charge in [0.05, 0.1) is 36.7 Å². The number of ether oxygens (including phenoxy) is 3. The summed E-state index contributed by atoms with van der Waals surface area (Å²) in [5.74, 6) is -2.57. The third kappa shape index (κ3) is 6.93. The van der Waals surface area contributed by atoms with E-state index in [0.29, 0.717) is 23.7 Å². The molecule has 40 heavy (non-hydrogen) atoms. The number of halogens is 1. The topological polar surface area (TPSA) is 190 Å². The summed E-state index contributed by atoms with van der Waals surface area (Å²) in [5.41, 5.74) is 2.41. The van der Waals surface area contributed by atoms with Gasteiger partial charge in [-0.25, -0.2) is 28.2 Å². The Hall–Kier alpha value is -4.05. The van der Waals surface area contributed by atoms with Crippen LogP contribution in [0.3, 0.4) is 0 Å². The quantitative estimate of drug-likeness (QED) is 0.241. The average Bonchev–Trinajstić information content (AvgIpc) is 3.52.